The van der Waals surface area contributed by atoms with E-state index in [1.54, 1.807) is 0 Å². The molecule has 6 nitrogen and oxygen atoms in total. The molecule has 1 aromatic heterocycles. The maximum atomic E-state index is 10.9. The smallest absolute Gasteiger partial charge is 0.349 e. The molecular formula is C10H3Cl4N3O3. The molecule has 0 spiro atoms. The predicted molar refractivity (Wildman–Crippen MR) is 75.2 cm³/mol. The molecule has 0 radical (unpaired) electrons. The molecule has 20 heavy (non-hydrogen) atoms. The highest BCUT2D eigenvalue weighted by atomic mass is 35.5. The van der Waals surface area contributed by atoms with E-state index < -0.39 is 10.6 Å². The van der Waals surface area contributed by atoms with Gasteiger partial charge >= 0.3 is 11.6 Å². The van der Waals surface area contributed by atoms with E-state index in [1.807, 2.05) is 0 Å². The van der Waals surface area contributed by atoms with Crippen LogP contribution in [0.25, 0.3) is 0 Å². The van der Waals surface area contributed by atoms with Crippen LogP contribution < -0.4 is 4.74 Å². The maximum absolute atomic E-state index is 10.9. The summed E-state index contributed by atoms with van der Waals surface area (Å²) in [6.07, 6.45) is 0.927. The fourth-order valence-corrected chi connectivity index (χ4v) is 1.93. The number of ether oxygens (including phenoxy) is 1. The summed E-state index contributed by atoms with van der Waals surface area (Å²) in [6.45, 7) is 0. The summed E-state index contributed by atoms with van der Waals surface area (Å²) in [5.74, 6) is -0.297. The molecule has 0 unspecified atom stereocenters. The molecule has 1 heterocycles. The fraction of sp³-hybridized carbons (Fsp3) is 0. The highest BCUT2D eigenvalue weighted by Crippen LogP contribution is 2.38. The van der Waals surface area contributed by atoms with Crippen molar-refractivity contribution in [3.63, 3.8) is 0 Å². The molecule has 0 N–H and O–H groups in total. The number of benzene rings is 1. The summed E-state index contributed by atoms with van der Waals surface area (Å²) in [4.78, 5) is 17.3. The van der Waals surface area contributed by atoms with E-state index in [2.05, 4.69) is 9.97 Å². The lowest BCUT2D eigenvalue weighted by Gasteiger charge is -2.08. The monoisotopic (exact) mass is 353 g/mol. The van der Waals surface area contributed by atoms with Gasteiger partial charge in [0.1, 0.15) is 11.9 Å². The van der Waals surface area contributed by atoms with E-state index in [4.69, 9.17) is 51.1 Å². The molecule has 104 valence electrons. The highest BCUT2D eigenvalue weighted by molar-refractivity contribution is 6.43. The van der Waals surface area contributed by atoms with E-state index >= 15 is 0 Å². The molecule has 1 aromatic carbocycles. The summed E-state index contributed by atoms with van der Waals surface area (Å²) >= 11 is 23.1. The average Bonchev–Trinajstić information content (AvgIpc) is 2.35. The second-order valence-electron chi connectivity index (χ2n) is 3.39. The number of halogens is 4. The van der Waals surface area contributed by atoms with Gasteiger partial charge in [0.05, 0.1) is 20.0 Å². The molecule has 0 saturated carbocycles. The largest absolute Gasteiger partial charge is 0.432 e. The first kappa shape index (κ1) is 15.1. The number of nitrogens with zero attached hydrogens (tertiary/aromatic N) is 3. The molecule has 10 heteroatoms. The molecule has 0 aliphatic heterocycles. The summed E-state index contributed by atoms with van der Waals surface area (Å²) in [7, 11) is 0. The first-order valence-electron chi connectivity index (χ1n) is 4.88. The van der Waals surface area contributed by atoms with Gasteiger partial charge in [0.15, 0.2) is 0 Å². The summed E-state index contributed by atoms with van der Waals surface area (Å²) in [5.41, 5.74) is -0.462. The zero-order valence-corrected chi connectivity index (χ0v) is 12.3. The SMILES string of the molecule is O=[N+]([O-])c1cnc(Cl)nc1Oc1cc(Cl)c(Cl)cc1Cl. The normalized spacial score (nSPS) is 10.4. The lowest BCUT2D eigenvalue weighted by atomic mass is 10.3. The molecule has 2 aromatic rings. The minimum atomic E-state index is -0.711. The van der Waals surface area contributed by atoms with Gasteiger partial charge in [-0.25, -0.2) is 4.98 Å². The van der Waals surface area contributed by atoms with Crippen LogP contribution in [-0.2, 0) is 0 Å². The van der Waals surface area contributed by atoms with Crippen molar-refractivity contribution >= 4 is 52.1 Å². The van der Waals surface area contributed by atoms with Crippen LogP contribution >= 0.6 is 46.4 Å². The van der Waals surface area contributed by atoms with Crippen molar-refractivity contribution in [2.24, 2.45) is 0 Å². The third-order valence-corrected chi connectivity index (χ3v) is 3.28. The zero-order valence-electron chi connectivity index (χ0n) is 9.31. The molecular weight excluding hydrogens is 352 g/mol. The molecule has 0 saturated heterocycles. The number of aromatic nitrogens is 2. The van der Waals surface area contributed by atoms with Crippen molar-refractivity contribution < 1.29 is 9.66 Å². The van der Waals surface area contributed by atoms with Gasteiger partial charge < -0.3 is 4.74 Å². The lowest BCUT2D eigenvalue weighted by molar-refractivity contribution is -0.386. The van der Waals surface area contributed by atoms with Crippen molar-refractivity contribution in [2.45, 2.75) is 0 Å². The molecule has 0 aliphatic rings. The molecule has 0 fully saturated rings. The van der Waals surface area contributed by atoms with E-state index in [0.29, 0.717) is 0 Å². The molecule has 2 rings (SSSR count). The Kier molecular flexibility index (Phi) is 4.49. The van der Waals surface area contributed by atoms with Gasteiger partial charge in [-0.15, -0.1) is 0 Å². The Labute approximate surface area is 132 Å². The van der Waals surface area contributed by atoms with Crippen molar-refractivity contribution in [3.05, 3.63) is 48.8 Å². The van der Waals surface area contributed by atoms with E-state index in [9.17, 15) is 10.1 Å². The first-order chi connectivity index (χ1) is 9.38. The molecule has 0 atom stereocenters. The van der Waals surface area contributed by atoms with E-state index in [0.717, 1.165) is 6.20 Å². The predicted octanol–water partition coefficient (Wildman–Crippen LogP) is 4.79. The van der Waals surface area contributed by atoms with Crippen molar-refractivity contribution in [3.8, 4) is 11.6 Å². The topological polar surface area (TPSA) is 78.2 Å². The quantitative estimate of drug-likeness (QED) is 0.342. The number of rotatable bonds is 3. The summed E-state index contributed by atoms with van der Waals surface area (Å²) in [6, 6.07) is 2.65. The van der Waals surface area contributed by atoms with E-state index in [1.165, 1.54) is 12.1 Å². The Bertz CT molecular complexity index is 696. The van der Waals surface area contributed by atoms with Crippen LogP contribution in [0.5, 0.6) is 11.6 Å². The highest BCUT2D eigenvalue weighted by Gasteiger charge is 2.20. The number of hydrogen-bond donors (Lipinski definition) is 0. The van der Waals surface area contributed by atoms with Gasteiger partial charge in [-0.3, -0.25) is 10.1 Å². The molecule has 0 bridgehead atoms. The summed E-state index contributed by atoms with van der Waals surface area (Å²) < 4.78 is 5.27. The van der Waals surface area contributed by atoms with Crippen LogP contribution in [0, 0.1) is 10.1 Å². The Morgan fingerprint density at radius 3 is 2.40 bits per heavy atom. The van der Waals surface area contributed by atoms with Crippen LogP contribution in [0.4, 0.5) is 5.69 Å². The second kappa shape index (κ2) is 5.97. The molecule has 0 aliphatic carbocycles. The van der Waals surface area contributed by atoms with Crippen LogP contribution in [0.2, 0.25) is 20.4 Å². The second-order valence-corrected chi connectivity index (χ2v) is 4.94. The Balaban J connectivity index is 2.47. The number of hydrogen-bond acceptors (Lipinski definition) is 5. The van der Waals surface area contributed by atoms with Gasteiger partial charge in [0, 0.05) is 6.07 Å². The van der Waals surface area contributed by atoms with Gasteiger partial charge in [0.25, 0.3) is 0 Å². The van der Waals surface area contributed by atoms with Crippen LogP contribution in [-0.4, -0.2) is 14.9 Å². The minimum absolute atomic E-state index is 0.0546. The summed E-state index contributed by atoms with van der Waals surface area (Å²) in [5, 5.41) is 11.2. The molecule has 0 amide bonds. The van der Waals surface area contributed by atoms with Gasteiger partial charge in [0.2, 0.25) is 5.28 Å². The zero-order chi connectivity index (χ0) is 14.9. The Morgan fingerprint density at radius 1 is 1.10 bits per heavy atom. The minimum Gasteiger partial charge on any atom is -0.432 e. The van der Waals surface area contributed by atoms with Gasteiger partial charge in [-0.05, 0) is 17.7 Å². The fourth-order valence-electron chi connectivity index (χ4n) is 1.23. The van der Waals surface area contributed by atoms with Crippen LogP contribution in [0.1, 0.15) is 0 Å². The average molecular weight is 355 g/mol. The van der Waals surface area contributed by atoms with Crippen molar-refractivity contribution in [1.82, 2.24) is 9.97 Å². The van der Waals surface area contributed by atoms with Crippen molar-refractivity contribution in [2.75, 3.05) is 0 Å². The van der Waals surface area contributed by atoms with Gasteiger partial charge in [-0.2, -0.15) is 4.98 Å². The third-order valence-electron chi connectivity index (χ3n) is 2.08. The lowest BCUT2D eigenvalue weighted by Crippen LogP contribution is -1.98. The Hall–Kier alpha value is -1.34. The van der Waals surface area contributed by atoms with E-state index in [-0.39, 0.29) is 32.0 Å². The third kappa shape index (κ3) is 3.21. The van der Waals surface area contributed by atoms with Crippen LogP contribution in [0.15, 0.2) is 18.3 Å². The first-order valence-corrected chi connectivity index (χ1v) is 6.39. The standard InChI is InChI=1S/C10H3Cl4N3O3/c11-4-1-6(13)8(2-5(4)12)20-9-7(17(18)19)3-15-10(14)16-9/h1-3H. The van der Waals surface area contributed by atoms with Gasteiger partial charge in [-0.1, -0.05) is 34.8 Å². The Morgan fingerprint density at radius 2 is 1.75 bits per heavy atom. The maximum Gasteiger partial charge on any atom is 0.349 e. The number of nitro groups is 1. The van der Waals surface area contributed by atoms with Crippen molar-refractivity contribution in [1.29, 1.82) is 0 Å². The van der Waals surface area contributed by atoms with Crippen LogP contribution in [0.3, 0.4) is 0 Å².